The molecule has 8 aromatic carbocycles. The van der Waals surface area contributed by atoms with Crippen molar-refractivity contribution in [1.82, 2.24) is 15.0 Å². The predicted molar refractivity (Wildman–Crippen MR) is 231 cm³/mol. The number of benzene rings is 8. The summed E-state index contributed by atoms with van der Waals surface area (Å²) in [6.45, 7) is 8.14. The number of aromatic nitrogens is 3. The molecule has 0 saturated carbocycles. The molecule has 57 heavy (non-hydrogen) atoms. The van der Waals surface area contributed by atoms with Gasteiger partial charge in [0.25, 0.3) is 0 Å². The summed E-state index contributed by atoms with van der Waals surface area (Å²) in [5.41, 5.74) is 14.0. The van der Waals surface area contributed by atoms with Gasteiger partial charge >= 0.3 is 0 Å². The van der Waals surface area contributed by atoms with Crippen molar-refractivity contribution in [3.8, 4) is 67.5 Å². The van der Waals surface area contributed by atoms with E-state index >= 15 is 0 Å². The lowest BCUT2D eigenvalue weighted by Crippen LogP contribution is -2.28. The van der Waals surface area contributed by atoms with Crippen LogP contribution in [0.2, 0.25) is 0 Å². The zero-order chi connectivity index (χ0) is 38.2. The first-order valence-electron chi connectivity index (χ1n) is 19.1. The molecule has 0 radical (unpaired) electrons. The smallest absolute Gasteiger partial charge is 0.195 e. The van der Waals surface area contributed by atoms with Gasteiger partial charge in [0.05, 0.1) is 12.0 Å². The summed E-state index contributed by atoms with van der Waals surface area (Å²) < 4.78 is 0. The van der Waals surface area contributed by atoms with Crippen LogP contribution in [0, 0.1) is 6.57 Å². The van der Waals surface area contributed by atoms with E-state index in [1.54, 1.807) is 0 Å². The second kappa shape index (κ2) is 14.2. The Morgan fingerprint density at radius 3 is 1.40 bits per heavy atom. The Morgan fingerprint density at radius 1 is 0.351 bits per heavy atom. The third-order valence-electron chi connectivity index (χ3n) is 11.0. The Kier molecular flexibility index (Phi) is 8.39. The van der Waals surface area contributed by atoms with Crippen LogP contribution in [0.1, 0.15) is 22.3 Å². The van der Waals surface area contributed by atoms with Gasteiger partial charge in [0.2, 0.25) is 0 Å². The Balaban J connectivity index is 1.09. The molecule has 1 aliphatic rings. The van der Waals surface area contributed by atoms with Gasteiger partial charge in [-0.2, -0.15) is 0 Å². The van der Waals surface area contributed by atoms with E-state index in [0.29, 0.717) is 23.2 Å². The molecule has 9 aromatic rings. The maximum atomic E-state index is 8.14. The van der Waals surface area contributed by atoms with Crippen molar-refractivity contribution in [2.24, 2.45) is 0 Å². The lowest BCUT2D eigenvalue weighted by Gasteiger charge is -2.34. The van der Waals surface area contributed by atoms with E-state index in [1.165, 1.54) is 16.7 Å². The third kappa shape index (κ3) is 5.82. The number of hydrogen-bond acceptors (Lipinski definition) is 3. The molecule has 0 fully saturated rings. The maximum Gasteiger partial charge on any atom is 0.195 e. The molecule has 0 saturated heterocycles. The predicted octanol–water partition coefficient (Wildman–Crippen LogP) is 13.1. The summed E-state index contributed by atoms with van der Waals surface area (Å²) in [5.74, 6) is 1.86. The fourth-order valence-corrected chi connectivity index (χ4v) is 8.42. The molecule has 4 nitrogen and oxygen atoms in total. The Morgan fingerprint density at radius 2 is 0.789 bits per heavy atom. The monoisotopic (exact) mass is 726 g/mol. The molecule has 4 heteroatoms. The highest BCUT2D eigenvalue weighted by atomic mass is 15.0. The first-order chi connectivity index (χ1) is 28.2. The van der Waals surface area contributed by atoms with Crippen molar-refractivity contribution in [3.05, 3.63) is 240 Å². The highest BCUT2D eigenvalue weighted by Gasteiger charge is 2.46. The lowest BCUT2D eigenvalue weighted by molar-refractivity contribution is 0.769. The van der Waals surface area contributed by atoms with Gasteiger partial charge in [-0.15, -0.1) is 0 Å². The fraction of sp³-hybridized carbons (Fsp3) is 0.0189. The normalized spacial score (nSPS) is 12.3. The number of fused-ring (bicyclic) bond motifs is 3. The van der Waals surface area contributed by atoms with Crippen LogP contribution >= 0.6 is 0 Å². The van der Waals surface area contributed by atoms with Crippen LogP contribution in [0.3, 0.4) is 0 Å². The topological polar surface area (TPSA) is 43.0 Å². The van der Waals surface area contributed by atoms with Crippen molar-refractivity contribution < 1.29 is 0 Å². The Bertz CT molecular complexity index is 2900. The molecule has 10 rings (SSSR count). The molecule has 0 aliphatic heterocycles. The van der Waals surface area contributed by atoms with Gasteiger partial charge in [-0.25, -0.2) is 19.8 Å². The van der Waals surface area contributed by atoms with E-state index in [2.05, 4.69) is 163 Å². The van der Waals surface area contributed by atoms with Gasteiger partial charge in [0.1, 0.15) is 0 Å². The molecule has 0 spiro atoms. The maximum absolute atomic E-state index is 8.14. The summed E-state index contributed by atoms with van der Waals surface area (Å²) in [7, 11) is 0. The second-order valence-electron chi connectivity index (χ2n) is 14.3. The molecule has 0 N–H and O–H groups in total. The molecule has 1 aliphatic carbocycles. The second-order valence-corrected chi connectivity index (χ2v) is 14.3. The summed E-state index contributed by atoms with van der Waals surface area (Å²) in [4.78, 5) is 19.1. The van der Waals surface area contributed by atoms with Gasteiger partial charge in [0, 0.05) is 16.7 Å². The molecule has 0 bridgehead atoms. The molecule has 0 unspecified atom stereocenters. The molecule has 0 atom stereocenters. The van der Waals surface area contributed by atoms with Crippen LogP contribution < -0.4 is 0 Å². The van der Waals surface area contributed by atoms with Crippen molar-refractivity contribution >= 4 is 5.69 Å². The quantitative estimate of drug-likeness (QED) is 0.154. The molecular formula is C53H34N4. The highest BCUT2D eigenvalue weighted by molar-refractivity contribution is 5.95. The Hall–Kier alpha value is -7.74. The van der Waals surface area contributed by atoms with Gasteiger partial charge in [0.15, 0.2) is 23.2 Å². The van der Waals surface area contributed by atoms with Crippen molar-refractivity contribution in [2.45, 2.75) is 5.41 Å². The van der Waals surface area contributed by atoms with Crippen LogP contribution in [0.5, 0.6) is 0 Å². The van der Waals surface area contributed by atoms with E-state index in [9.17, 15) is 0 Å². The van der Waals surface area contributed by atoms with Gasteiger partial charge in [-0.3, -0.25) is 0 Å². The average Bonchev–Trinajstić information content (AvgIpc) is 3.61. The summed E-state index contributed by atoms with van der Waals surface area (Å²) >= 11 is 0. The van der Waals surface area contributed by atoms with E-state index in [4.69, 9.17) is 21.5 Å². The first kappa shape index (κ1) is 33.8. The minimum atomic E-state index is -0.600. The molecule has 1 aromatic heterocycles. The standard InChI is InChI=1S/C53H34N4/c1-54-48-27-15-26-46-49(48)45-33-32-41(35-47(45)53(46,43-22-10-4-11-23-43)44-24-12-5-13-25-44)37-28-30-39(31-29-37)51-55-50(38-18-8-3-9-19-38)56-52(57-51)42-21-14-20-40(34-42)36-16-6-2-7-17-36/h2-35H. The fourth-order valence-electron chi connectivity index (χ4n) is 8.42. The summed E-state index contributed by atoms with van der Waals surface area (Å²) in [6, 6.07) is 71.6. The van der Waals surface area contributed by atoms with E-state index in [0.717, 1.165) is 55.6 Å². The van der Waals surface area contributed by atoms with Crippen LogP contribution in [0.4, 0.5) is 5.69 Å². The van der Waals surface area contributed by atoms with Crippen LogP contribution in [0.15, 0.2) is 206 Å². The van der Waals surface area contributed by atoms with E-state index in [-0.39, 0.29) is 0 Å². The van der Waals surface area contributed by atoms with Crippen molar-refractivity contribution in [2.75, 3.05) is 0 Å². The summed E-state index contributed by atoms with van der Waals surface area (Å²) in [5, 5.41) is 0. The molecule has 266 valence electrons. The lowest BCUT2D eigenvalue weighted by atomic mass is 9.67. The van der Waals surface area contributed by atoms with E-state index < -0.39 is 5.41 Å². The summed E-state index contributed by atoms with van der Waals surface area (Å²) in [6.07, 6.45) is 0. The highest BCUT2D eigenvalue weighted by Crippen LogP contribution is 2.59. The SMILES string of the molecule is [C-]#[N+]c1cccc2c1-c1ccc(-c3ccc(-c4nc(-c5ccccc5)nc(-c5cccc(-c6ccccc6)c5)n4)cc3)cc1C2(c1ccccc1)c1ccccc1. The minimum Gasteiger partial charge on any atom is -0.238 e. The molecule has 1 heterocycles. The Labute approximate surface area is 332 Å². The van der Waals surface area contributed by atoms with Gasteiger partial charge in [-0.05, 0) is 67.8 Å². The average molecular weight is 727 g/mol. The van der Waals surface area contributed by atoms with Crippen molar-refractivity contribution in [3.63, 3.8) is 0 Å². The molecular weight excluding hydrogens is 693 g/mol. The number of rotatable bonds is 7. The van der Waals surface area contributed by atoms with Crippen LogP contribution in [-0.2, 0) is 5.41 Å². The van der Waals surface area contributed by atoms with Crippen molar-refractivity contribution in [1.29, 1.82) is 0 Å². The van der Waals surface area contributed by atoms with Crippen LogP contribution in [-0.4, -0.2) is 15.0 Å². The number of hydrogen-bond donors (Lipinski definition) is 0. The third-order valence-corrected chi connectivity index (χ3v) is 11.0. The first-order valence-corrected chi connectivity index (χ1v) is 19.1. The largest absolute Gasteiger partial charge is 0.238 e. The zero-order valence-corrected chi connectivity index (χ0v) is 30.9. The van der Waals surface area contributed by atoms with Gasteiger partial charge < -0.3 is 0 Å². The minimum absolute atomic E-state index is 0.600. The number of nitrogens with zero attached hydrogens (tertiary/aromatic N) is 4. The van der Waals surface area contributed by atoms with Crippen LogP contribution in [0.25, 0.3) is 72.4 Å². The van der Waals surface area contributed by atoms with Gasteiger partial charge in [-0.1, -0.05) is 194 Å². The van der Waals surface area contributed by atoms with E-state index in [1.807, 2.05) is 48.5 Å². The zero-order valence-electron chi connectivity index (χ0n) is 30.9. The molecule has 0 amide bonds.